The van der Waals surface area contributed by atoms with Crippen molar-refractivity contribution in [3.63, 3.8) is 0 Å². The van der Waals surface area contributed by atoms with Crippen LogP contribution in [0.5, 0.6) is 0 Å². The minimum atomic E-state index is 0.913. The molecule has 5 heteroatoms. The predicted octanol–water partition coefficient (Wildman–Crippen LogP) is 2.81. The molecule has 24 heavy (non-hydrogen) atoms. The molecule has 122 valence electrons. The van der Waals surface area contributed by atoms with Gasteiger partial charge in [-0.15, -0.1) is 10.2 Å². The second-order valence-corrected chi connectivity index (χ2v) is 6.06. The molecule has 0 aliphatic carbocycles. The van der Waals surface area contributed by atoms with Gasteiger partial charge in [-0.3, -0.25) is 4.57 Å². The molecule has 0 radical (unpaired) electrons. The molecule has 4 rings (SSSR count). The number of rotatable bonds is 3. The number of hydrogen-bond acceptors (Lipinski definition) is 4. The van der Waals surface area contributed by atoms with E-state index in [-0.39, 0.29) is 0 Å². The fourth-order valence-electron chi connectivity index (χ4n) is 3.24. The monoisotopic (exact) mass is 319 g/mol. The average molecular weight is 319 g/mol. The first-order chi connectivity index (χ1) is 11.8. The summed E-state index contributed by atoms with van der Waals surface area (Å²) in [7, 11) is 2.04. The van der Waals surface area contributed by atoms with Gasteiger partial charge in [0, 0.05) is 44.5 Å². The van der Waals surface area contributed by atoms with Gasteiger partial charge in [0.2, 0.25) is 5.95 Å². The van der Waals surface area contributed by atoms with Crippen LogP contribution in [-0.2, 0) is 7.05 Å². The van der Waals surface area contributed by atoms with Crippen molar-refractivity contribution in [2.75, 3.05) is 36.0 Å². The van der Waals surface area contributed by atoms with E-state index in [1.54, 1.807) is 0 Å². The van der Waals surface area contributed by atoms with Crippen molar-refractivity contribution < 1.29 is 0 Å². The van der Waals surface area contributed by atoms with Gasteiger partial charge in [0.05, 0.1) is 0 Å². The van der Waals surface area contributed by atoms with Crippen LogP contribution in [0, 0.1) is 0 Å². The second-order valence-electron chi connectivity index (χ2n) is 6.06. The predicted molar refractivity (Wildman–Crippen MR) is 97.3 cm³/mol. The molecule has 1 saturated heterocycles. The van der Waals surface area contributed by atoms with Crippen LogP contribution in [0.4, 0.5) is 11.6 Å². The molecular weight excluding hydrogens is 298 g/mol. The van der Waals surface area contributed by atoms with E-state index in [0.717, 1.165) is 43.5 Å². The molecule has 0 N–H and O–H groups in total. The molecule has 1 aliphatic rings. The van der Waals surface area contributed by atoms with E-state index in [2.05, 4.69) is 67.0 Å². The summed E-state index contributed by atoms with van der Waals surface area (Å²) < 4.78 is 2.09. The third-order valence-electron chi connectivity index (χ3n) is 4.57. The van der Waals surface area contributed by atoms with Crippen LogP contribution in [-0.4, -0.2) is 40.9 Å². The van der Waals surface area contributed by atoms with Gasteiger partial charge in [-0.05, 0) is 12.1 Å². The highest BCUT2D eigenvalue weighted by Gasteiger charge is 2.22. The summed E-state index contributed by atoms with van der Waals surface area (Å²) in [6.45, 7) is 3.90. The maximum Gasteiger partial charge on any atom is 0.227 e. The standard InChI is InChI=1S/C19H21N5/c1-22-18(16-8-4-2-5-9-16)20-21-19(22)24-14-12-23(13-15-24)17-10-6-3-7-11-17/h2-11H,12-15H2,1H3. The van der Waals surface area contributed by atoms with Crippen LogP contribution < -0.4 is 9.80 Å². The minimum absolute atomic E-state index is 0.913. The quantitative estimate of drug-likeness (QED) is 0.744. The molecule has 0 atom stereocenters. The Bertz CT molecular complexity index is 789. The van der Waals surface area contributed by atoms with Crippen molar-refractivity contribution in [2.45, 2.75) is 0 Å². The first kappa shape index (κ1) is 14.8. The van der Waals surface area contributed by atoms with Crippen LogP contribution in [0.2, 0.25) is 0 Å². The summed E-state index contributed by atoms with van der Waals surface area (Å²) in [5.74, 6) is 1.86. The summed E-state index contributed by atoms with van der Waals surface area (Å²) in [5, 5.41) is 8.83. The molecule has 5 nitrogen and oxygen atoms in total. The van der Waals surface area contributed by atoms with Crippen LogP contribution in [0.3, 0.4) is 0 Å². The van der Waals surface area contributed by atoms with E-state index in [1.165, 1.54) is 5.69 Å². The molecule has 2 heterocycles. The molecule has 0 amide bonds. The maximum atomic E-state index is 4.43. The maximum absolute atomic E-state index is 4.43. The van der Waals surface area contributed by atoms with Gasteiger partial charge in [0.25, 0.3) is 0 Å². The van der Waals surface area contributed by atoms with Gasteiger partial charge in [0.15, 0.2) is 5.82 Å². The highest BCUT2D eigenvalue weighted by Crippen LogP contribution is 2.23. The fourth-order valence-corrected chi connectivity index (χ4v) is 3.24. The molecule has 1 fully saturated rings. The molecule has 3 aromatic rings. The van der Waals surface area contributed by atoms with Crippen LogP contribution in [0.25, 0.3) is 11.4 Å². The van der Waals surface area contributed by atoms with E-state index >= 15 is 0 Å². The largest absolute Gasteiger partial charge is 0.368 e. The van der Waals surface area contributed by atoms with E-state index in [4.69, 9.17) is 0 Å². The number of aromatic nitrogens is 3. The highest BCUT2D eigenvalue weighted by molar-refractivity contribution is 5.57. The molecule has 1 aromatic heterocycles. The van der Waals surface area contributed by atoms with E-state index < -0.39 is 0 Å². The summed E-state index contributed by atoms with van der Waals surface area (Å²) in [6, 6.07) is 20.8. The van der Waals surface area contributed by atoms with Gasteiger partial charge in [-0.2, -0.15) is 0 Å². The summed E-state index contributed by atoms with van der Waals surface area (Å²) >= 11 is 0. The number of piperazine rings is 1. The molecule has 0 saturated carbocycles. The molecule has 1 aliphatic heterocycles. The lowest BCUT2D eigenvalue weighted by molar-refractivity contribution is 0.630. The minimum Gasteiger partial charge on any atom is -0.368 e. The van der Waals surface area contributed by atoms with Gasteiger partial charge >= 0.3 is 0 Å². The molecule has 0 spiro atoms. The Morgan fingerprint density at radius 3 is 1.96 bits per heavy atom. The van der Waals surface area contributed by atoms with Crippen LogP contribution >= 0.6 is 0 Å². The Morgan fingerprint density at radius 1 is 0.708 bits per heavy atom. The zero-order valence-electron chi connectivity index (χ0n) is 13.8. The number of nitrogens with zero attached hydrogens (tertiary/aromatic N) is 5. The smallest absolute Gasteiger partial charge is 0.227 e. The van der Waals surface area contributed by atoms with Crippen LogP contribution in [0.1, 0.15) is 0 Å². The van der Waals surface area contributed by atoms with Crippen molar-refractivity contribution in [3.8, 4) is 11.4 Å². The molecule has 2 aromatic carbocycles. The Labute approximate surface area is 142 Å². The van der Waals surface area contributed by atoms with Gasteiger partial charge in [-0.25, -0.2) is 0 Å². The van der Waals surface area contributed by atoms with E-state index in [9.17, 15) is 0 Å². The Hall–Kier alpha value is -2.82. The molecule has 0 bridgehead atoms. The van der Waals surface area contributed by atoms with Crippen molar-refractivity contribution in [3.05, 3.63) is 60.7 Å². The van der Waals surface area contributed by atoms with Crippen molar-refractivity contribution in [1.82, 2.24) is 14.8 Å². The summed E-state index contributed by atoms with van der Waals surface area (Å²) in [5.41, 5.74) is 2.39. The SMILES string of the molecule is Cn1c(-c2ccccc2)nnc1N1CCN(c2ccccc2)CC1. The third-order valence-corrected chi connectivity index (χ3v) is 4.57. The summed E-state index contributed by atoms with van der Waals surface area (Å²) in [6.07, 6.45) is 0. The van der Waals surface area contributed by atoms with Crippen molar-refractivity contribution >= 4 is 11.6 Å². The first-order valence-electron chi connectivity index (χ1n) is 8.33. The normalized spacial score (nSPS) is 14.9. The Morgan fingerprint density at radius 2 is 1.29 bits per heavy atom. The first-order valence-corrected chi connectivity index (χ1v) is 8.33. The highest BCUT2D eigenvalue weighted by atomic mass is 15.4. The molecule has 0 unspecified atom stereocenters. The van der Waals surface area contributed by atoms with Gasteiger partial charge in [-0.1, -0.05) is 48.5 Å². The molecular formula is C19H21N5. The average Bonchev–Trinajstić information content (AvgIpc) is 3.05. The number of anilines is 2. The lowest BCUT2D eigenvalue weighted by Crippen LogP contribution is -2.47. The van der Waals surface area contributed by atoms with Crippen molar-refractivity contribution in [2.24, 2.45) is 7.05 Å². The van der Waals surface area contributed by atoms with Crippen molar-refractivity contribution in [1.29, 1.82) is 0 Å². The number of hydrogen-bond donors (Lipinski definition) is 0. The number of para-hydroxylation sites is 1. The van der Waals surface area contributed by atoms with Gasteiger partial charge < -0.3 is 9.80 Å². The van der Waals surface area contributed by atoms with E-state index in [1.807, 2.05) is 25.2 Å². The fraction of sp³-hybridized carbons (Fsp3) is 0.263. The number of benzene rings is 2. The van der Waals surface area contributed by atoms with Crippen LogP contribution in [0.15, 0.2) is 60.7 Å². The van der Waals surface area contributed by atoms with E-state index in [0.29, 0.717) is 0 Å². The lowest BCUT2D eigenvalue weighted by atomic mass is 10.2. The summed E-state index contributed by atoms with van der Waals surface area (Å²) in [4.78, 5) is 4.74. The Kier molecular flexibility index (Phi) is 3.91. The Balaban J connectivity index is 1.50. The topological polar surface area (TPSA) is 37.2 Å². The zero-order chi connectivity index (χ0) is 16.4. The third kappa shape index (κ3) is 2.73. The zero-order valence-corrected chi connectivity index (χ0v) is 13.8. The lowest BCUT2D eigenvalue weighted by Gasteiger charge is -2.36. The second kappa shape index (κ2) is 6.35. The van der Waals surface area contributed by atoms with Gasteiger partial charge in [0.1, 0.15) is 0 Å².